The molecular weight excluding hydrogens is 402 g/mol. The largest absolute Gasteiger partial charge is 0.376 e. The minimum Gasteiger partial charge on any atom is -0.376 e. The lowest BCUT2D eigenvalue weighted by Gasteiger charge is -2.26. The summed E-state index contributed by atoms with van der Waals surface area (Å²) in [5, 5.41) is 0. The predicted octanol–water partition coefficient (Wildman–Crippen LogP) is 2.69. The maximum atomic E-state index is 13.4. The Hall–Kier alpha value is -2.29. The third-order valence-corrected chi connectivity index (χ3v) is 7.51. The molecule has 2 saturated heterocycles. The fourth-order valence-corrected chi connectivity index (χ4v) is 5.58. The Kier molecular flexibility index (Phi) is 6.46. The Morgan fingerprint density at radius 1 is 1.17 bits per heavy atom. The van der Waals surface area contributed by atoms with Crippen molar-refractivity contribution in [2.24, 2.45) is 0 Å². The second-order valence-electron chi connectivity index (χ2n) is 7.82. The molecule has 4 rings (SSSR count). The van der Waals surface area contributed by atoms with Crippen molar-refractivity contribution in [1.82, 2.24) is 14.2 Å². The van der Waals surface area contributed by atoms with Crippen molar-refractivity contribution >= 4 is 15.9 Å². The highest BCUT2D eigenvalue weighted by Crippen LogP contribution is 2.23. The predicted molar refractivity (Wildman–Crippen MR) is 112 cm³/mol. The average molecular weight is 430 g/mol. The van der Waals surface area contributed by atoms with Crippen molar-refractivity contribution in [3.8, 4) is 0 Å². The fraction of sp³-hybridized carbons (Fsp3) is 0.455. The van der Waals surface area contributed by atoms with E-state index in [-0.39, 0.29) is 16.9 Å². The summed E-state index contributed by atoms with van der Waals surface area (Å²) in [6.45, 7) is 2.65. The third-order valence-electron chi connectivity index (χ3n) is 5.62. The van der Waals surface area contributed by atoms with Crippen LogP contribution in [-0.4, -0.2) is 60.9 Å². The molecule has 0 N–H and O–H groups in total. The van der Waals surface area contributed by atoms with Crippen molar-refractivity contribution in [2.45, 2.75) is 43.2 Å². The van der Waals surface area contributed by atoms with Crippen LogP contribution in [0.5, 0.6) is 0 Å². The molecule has 1 amide bonds. The smallest absolute Gasteiger partial charge is 0.254 e. The summed E-state index contributed by atoms with van der Waals surface area (Å²) in [4.78, 5) is 19.4. The van der Waals surface area contributed by atoms with Crippen LogP contribution in [0.4, 0.5) is 0 Å². The Bertz CT molecular complexity index is 969. The first-order valence-corrected chi connectivity index (χ1v) is 11.9. The molecule has 30 heavy (non-hydrogen) atoms. The monoisotopic (exact) mass is 429 g/mol. The van der Waals surface area contributed by atoms with Crippen molar-refractivity contribution in [1.29, 1.82) is 0 Å². The molecule has 1 atom stereocenters. The third kappa shape index (κ3) is 4.71. The van der Waals surface area contributed by atoms with Crippen LogP contribution in [0.25, 0.3) is 0 Å². The Balaban J connectivity index is 1.58. The summed E-state index contributed by atoms with van der Waals surface area (Å²) < 4.78 is 33.1. The van der Waals surface area contributed by atoms with Crippen molar-refractivity contribution in [3.63, 3.8) is 0 Å². The van der Waals surface area contributed by atoms with Crippen LogP contribution in [-0.2, 0) is 21.3 Å². The molecule has 2 aliphatic heterocycles. The minimum atomic E-state index is -3.57. The Morgan fingerprint density at radius 3 is 2.70 bits per heavy atom. The van der Waals surface area contributed by atoms with Crippen molar-refractivity contribution in [2.75, 3.05) is 26.2 Å². The van der Waals surface area contributed by atoms with Crippen LogP contribution < -0.4 is 0 Å². The van der Waals surface area contributed by atoms with Gasteiger partial charge in [0, 0.05) is 50.7 Å². The van der Waals surface area contributed by atoms with Gasteiger partial charge in [0.15, 0.2) is 0 Å². The summed E-state index contributed by atoms with van der Waals surface area (Å²) >= 11 is 0. The first-order chi connectivity index (χ1) is 14.5. The molecule has 0 aliphatic carbocycles. The highest BCUT2D eigenvalue weighted by Gasteiger charge is 2.29. The summed E-state index contributed by atoms with van der Waals surface area (Å²) in [5.74, 6) is -0.201. The topological polar surface area (TPSA) is 79.8 Å². The van der Waals surface area contributed by atoms with Crippen LogP contribution >= 0.6 is 0 Å². The molecule has 7 nitrogen and oxygen atoms in total. The van der Waals surface area contributed by atoms with Crippen molar-refractivity contribution in [3.05, 3.63) is 59.9 Å². The van der Waals surface area contributed by atoms with E-state index in [0.29, 0.717) is 38.3 Å². The number of carbonyl (C=O) groups excluding carboxylic acids is 1. The number of carbonyl (C=O) groups is 1. The molecule has 2 aliphatic rings. The lowest BCUT2D eigenvalue weighted by atomic mass is 10.1. The molecule has 8 heteroatoms. The molecule has 2 aromatic rings. The highest BCUT2D eigenvalue weighted by atomic mass is 32.2. The lowest BCUT2D eigenvalue weighted by molar-refractivity contribution is 0.0507. The number of nitrogens with zero attached hydrogens (tertiary/aromatic N) is 3. The Morgan fingerprint density at radius 2 is 2.00 bits per heavy atom. The van der Waals surface area contributed by atoms with Crippen LogP contribution in [0, 0.1) is 0 Å². The lowest BCUT2D eigenvalue weighted by Crippen LogP contribution is -2.37. The number of hydrogen-bond donors (Lipinski definition) is 0. The van der Waals surface area contributed by atoms with E-state index < -0.39 is 10.0 Å². The molecule has 0 radical (unpaired) electrons. The molecule has 3 heterocycles. The van der Waals surface area contributed by atoms with E-state index in [9.17, 15) is 13.2 Å². The molecule has 160 valence electrons. The highest BCUT2D eigenvalue weighted by molar-refractivity contribution is 7.89. The molecule has 1 unspecified atom stereocenters. The molecule has 1 aromatic heterocycles. The summed E-state index contributed by atoms with van der Waals surface area (Å²) in [6, 6.07) is 10.2. The van der Waals surface area contributed by atoms with Gasteiger partial charge in [-0.2, -0.15) is 4.31 Å². The number of amides is 1. The molecule has 2 fully saturated rings. The molecule has 0 bridgehead atoms. The van der Waals surface area contributed by atoms with E-state index in [1.54, 1.807) is 35.5 Å². The number of pyridine rings is 1. The molecule has 0 saturated carbocycles. The standard InChI is InChI=1S/C22H27N3O4S/c26-22(19-7-3-9-21(14-19)30(27,28)25-11-1-2-12-25)24(17-20-8-5-13-29-20)16-18-6-4-10-23-15-18/h3-4,6-7,9-10,14-15,20H,1-2,5,8,11-13,16-17H2. The van der Waals surface area contributed by atoms with Gasteiger partial charge < -0.3 is 9.64 Å². The maximum Gasteiger partial charge on any atom is 0.254 e. The van der Waals surface area contributed by atoms with Gasteiger partial charge in [0.2, 0.25) is 10.0 Å². The average Bonchev–Trinajstić information content (AvgIpc) is 3.48. The van der Waals surface area contributed by atoms with Crippen LogP contribution in [0.3, 0.4) is 0 Å². The quantitative estimate of drug-likeness (QED) is 0.676. The normalized spacial score (nSPS) is 19.8. The number of sulfonamides is 1. The number of rotatable bonds is 7. The molecule has 1 aromatic carbocycles. The van der Waals surface area contributed by atoms with E-state index in [4.69, 9.17) is 4.74 Å². The summed E-state index contributed by atoms with van der Waals surface area (Å²) in [6.07, 6.45) is 7.09. The minimum absolute atomic E-state index is 0.00198. The zero-order valence-electron chi connectivity index (χ0n) is 16.9. The molecule has 0 spiro atoms. The second-order valence-corrected chi connectivity index (χ2v) is 9.76. The summed E-state index contributed by atoms with van der Waals surface area (Å²) in [7, 11) is -3.57. The fourth-order valence-electron chi connectivity index (χ4n) is 4.02. The van der Waals surface area contributed by atoms with Gasteiger partial charge in [-0.3, -0.25) is 9.78 Å². The summed E-state index contributed by atoms with van der Waals surface area (Å²) in [5.41, 5.74) is 1.29. The van der Waals surface area contributed by atoms with Gasteiger partial charge in [-0.1, -0.05) is 12.1 Å². The number of ether oxygens (including phenoxy) is 1. The molecular formula is C22H27N3O4S. The number of aromatic nitrogens is 1. The van der Waals surface area contributed by atoms with Crippen LogP contribution in [0.1, 0.15) is 41.6 Å². The van der Waals surface area contributed by atoms with E-state index in [1.807, 2.05) is 12.1 Å². The van der Waals surface area contributed by atoms with Gasteiger partial charge in [0.1, 0.15) is 0 Å². The van der Waals surface area contributed by atoms with Crippen molar-refractivity contribution < 1.29 is 17.9 Å². The SMILES string of the molecule is O=C(c1cccc(S(=O)(=O)N2CCCC2)c1)N(Cc1cccnc1)CC1CCCO1. The van der Waals surface area contributed by atoms with Crippen LogP contribution in [0.15, 0.2) is 53.7 Å². The zero-order valence-corrected chi connectivity index (χ0v) is 17.8. The van der Waals surface area contributed by atoms with Crippen LogP contribution in [0.2, 0.25) is 0 Å². The number of benzene rings is 1. The van der Waals surface area contributed by atoms with E-state index in [0.717, 1.165) is 31.2 Å². The zero-order chi connectivity index (χ0) is 21.0. The van der Waals surface area contributed by atoms with Gasteiger partial charge in [0.25, 0.3) is 5.91 Å². The van der Waals surface area contributed by atoms with E-state index >= 15 is 0 Å². The second kappa shape index (κ2) is 9.24. The van der Waals surface area contributed by atoms with E-state index in [2.05, 4.69) is 4.98 Å². The van der Waals surface area contributed by atoms with Gasteiger partial charge >= 0.3 is 0 Å². The van der Waals surface area contributed by atoms with Gasteiger partial charge in [-0.05, 0) is 55.5 Å². The first kappa shape index (κ1) is 21.0. The van der Waals surface area contributed by atoms with E-state index in [1.165, 1.54) is 10.4 Å². The number of hydrogen-bond acceptors (Lipinski definition) is 5. The van der Waals surface area contributed by atoms with Gasteiger partial charge in [-0.25, -0.2) is 8.42 Å². The van der Waals surface area contributed by atoms with Gasteiger partial charge in [-0.15, -0.1) is 0 Å². The maximum absolute atomic E-state index is 13.4. The Labute approximate surface area is 177 Å². The first-order valence-electron chi connectivity index (χ1n) is 10.4. The van der Waals surface area contributed by atoms with Gasteiger partial charge in [0.05, 0.1) is 11.0 Å².